The van der Waals surface area contributed by atoms with Crippen LogP contribution in [0.15, 0.2) is 21.5 Å². The molecule has 0 amide bonds. The predicted molar refractivity (Wildman–Crippen MR) is 79.0 cm³/mol. The fourth-order valence-corrected chi connectivity index (χ4v) is 2.40. The Hall–Kier alpha value is -1.53. The lowest BCUT2D eigenvalue weighted by Crippen LogP contribution is -2.45. The highest BCUT2D eigenvalue weighted by Crippen LogP contribution is 2.23. The molecule has 20 heavy (non-hydrogen) atoms. The first kappa shape index (κ1) is 14.9. The summed E-state index contributed by atoms with van der Waals surface area (Å²) in [4.78, 5) is 6.53. The predicted octanol–water partition coefficient (Wildman–Crippen LogP) is 0.756. The van der Waals surface area contributed by atoms with Crippen molar-refractivity contribution in [1.82, 2.24) is 15.5 Å². The number of aryl methyl sites for hydroxylation is 1. The van der Waals surface area contributed by atoms with E-state index in [-0.39, 0.29) is 6.04 Å². The highest BCUT2D eigenvalue weighted by molar-refractivity contribution is 5.79. The van der Waals surface area contributed by atoms with Crippen LogP contribution >= 0.6 is 0 Å². The summed E-state index contributed by atoms with van der Waals surface area (Å²) >= 11 is 0. The maximum Gasteiger partial charge on any atom is 0.190 e. The first-order chi connectivity index (χ1) is 9.74. The molecular weight excluding hydrogens is 256 g/mol. The molecule has 2 heterocycles. The fourth-order valence-electron chi connectivity index (χ4n) is 2.40. The van der Waals surface area contributed by atoms with Crippen LogP contribution in [0.25, 0.3) is 0 Å². The van der Waals surface area contributed by atoms with Gasteiger partial charge in [-0.25, -0.2) is 0 Å². The molecule has 0 unspecified atom stereocenters. The summed E-state index contributed by atoms with van der Waals surface area (Å²) < 4.78 is 11.2. The van der Waals surface area contributed by atoms with Gasteiger partial charge in [-0.05, 0) is 19.1 Å². The van der Waals surface area contributed by atoms with Crippen LogP contribution in [-0.4, -0.2) is 57.8 Å². The molecule has 2 rings (SSSR count). The molecule has 0 spiro atoms. The average Bonchev–Trinajstić information content (AvgIpc) is 2.91. The summed E-state index contributed by atoms with van der Waals surface area (Å²) in [5, 5.41) is 6.35. The lowest BCUT2D eigenvalue weighted by molar-refractivity contribution is 0.0124. The van der Waals surface area contributed by atoms with Crippen LogP contribution in [0.2, 0.25) is 0 Å². The van der Waals surface area contributed by atoms with Crippen molar-refractivity contribution in [3.05, 3.63) is 23.7 Å². The van der Waals surface area contributed by atoms with E-state index in [9.17, 15) is 0 Å². The third-order valence-electron chi connectivity index (χ3n) is 3.50. The zero-order valence-corrected chi connectivity index (χ0v) is 12.5. The molecule has 1 aromatic heterocycles. The summed E-state index contributed by atoms with van der Waals surface area (Å²) in [5.41, 5.74) is 0. The summed E-state index contributed by atoms with van der Waals surface area (Å²) in [6.07, 6.45) is 0. The van der Waals surface area contributed by atoms with Gasteiger partial charge in [0.1, 0.15) is 11.5 Å². The Morgan fingerprint density at radius 3 is 2.70 bits per heavy atom. The monoisotopic (exact) mass is 280 g/mol. The van der Waals surface area contributed by atoms with Crippen LogP contribution in [0.1, 0.15) is 17.6 Å². The van der Waals surface area contributed by atoms with E-state index in [4.69, 9.17) is 9.15 Å². The normalized spacial score (nSPS) is 18.9. The van der Waals surface area contributed by atoms with Gasteiger partial charge < -0.3 is 19.8 Å². The van der Waals surface area contributed by atoms with E-state index in [1.807, 2.05) is 20.0 Å². The number of rotatable bonds is 4. The van der Waals surface area contributed by atoms with Gasteiger partial charge in [0.2, 0.25) is 0 Å². The minimum Gasteiger partial charge on any atom is -0.465 e. The van der Waals surface area contributed by atoms with Gasteiger partial charge in [0.25, 0.3) is 0 Å². The van der Waals surface area contributed by atoms with Crippen LogP contribution in [0.3, 0.4) is 0 Å². The number of nitrogens with zero attached hydrogens (tertiary/aromatic N) is 2. The van der Waals surface area contributed by atoms with Crippen molar-refractivity contribution >= 4 is 5.96 Å². The Bertz CT molecular complexity index is 438. The van der Waals surface area contributed by atoms with Crippen molar-refractivity contribution < 1.29 is 9.15 Å². The Morgan fingerprint density at radius 2 is 2.15 bits per heavy atom. The largest absolute Gasteiger partial charge is 0.465 e. The quantitative estimate of drug-likeness (QED) is 0.630. The second-order valence-electron chi connectivity index (χ2n) is 4.82. The first-order valence-corrected chi connectivity index (χ1v) is 7.01. The number of hydrogen-bond acceptors (Lipinski definition) is 4. The molecular formula is C14H24N4O2. The Morgan fingerprint density at radius 1 is 1.40 bits per heavy atom. The number of furan rings is 1. The van der Waals surface area contributed by atoms with Gasteiger partial charge in [-0.3, -0.25) is 9.89 Å². The third kappa shape index (κ3) is 3.74. The maximum absolute atomic E-state index is 5.82. The van der Waals surface area contributed by atoms with Crippen molar-refractivity contribution in [2.75, 3.05) is 46.9 Å². The van der Waals surface area contributed by atoms with Crippen molar-refractivity contribution in [2.24, 2.45) is 4.99 Å². The zero-order chi connectivity index (χ0) is 14.4. The minimum atomic E-state index is 0.192. The summed E-state index contributed by atoms with van der Waals surface area (Å²) in [7, 11) is 3.62. The number of guanidine groups is 1. The fraction of sp³-hybridized carbons (Fsp3) is 0.643. The van der Waals surface area contributed by atoms with Crippen LogP contribution in [-0.2, 0) is 4.74 Å². The second-order valence-corrected chi connectivity index (χ2v) is 4.82. The number of ether oxygens (including phenoxy) is 1. The van der Waals surface area contributed by atoms with Crippen molar-refractivity contribution in [3.8, 4) is 0 Å². The van der Waals surface area contributed by atoms with Gasteiger partial charge in [-0.1, -0.05) is 0 Å². The summed E-state index contributed by atoms with van der Waals surface area (Å²) in [6, 6.07) is 4.26. The molecule has 1 aliphatic heterocycles. The molecule has 6 heteroatoms. The molecule has 1 aromatic rings. The Labute approximate surface area is 120 Å². The molecule has 0 saturated carbocycles. The van der Waals surface area contributed by atoms with E-state index in [1.165, 1.54) is 0 Å². The van der Waals surface area contributed by atoms with E-state index in [1.54, 1.807) is 7.05 Å². The smallest absolute Gasteiger partial charge is 0.190 e. The molecule has 1 atom stereocenters. The molecule has 1 aliphatic rings. The number of aliphatic imine (C=N–C) groups is 1. The van der Waals surface area contributed by atoms with E-state index < -0.39 is 0 Å². The molecule has 2 N–H and O–H groups in total. The highest BCUT2D eigenvalue weighted by atomic mass is 16.5. The number of nitrogens with one attached hydrogen (secondary N) is 2. The first-order valence-electron chi connectivity index (χ1n) is 7.01. The second kappa shape index (κ2) is 7.31. The topological polar surface area (TPSA) is 62.0 Å². The molecule has 0 radical (unpaired) electrons. The summed E-state index contributed by atoms with van der Waals surface area (Å²) in [5.74, 6) is 2.71. The lowest BCUT2D eigenvalue weighted by Gasteiger charge is -2.33. The molecule has 0 aliphatic carbocycles. The van der Waals surface area contributed by atoms with Crippen LogP contribution in [0.4, 0.5) is 0 Å². The average molecular weight is 280 g/mol. The van der Waals surface area contributed by atoms with Crippen LogP contribution < -0.4 is 10.6 Å². The molecule has 112 valence electrons. The van der Waals surface area contributed by atoms with Gasteiger partial charge in [0.15, 0.2) is 5.96 Å². The third-order valence-corrected chi connectivity index (χ3v) is 3.50. The summed E-state index contributed by atoms with van der Waals surface area (Å²) in [6.45, 7) is 6.11. The van der Waals surface area contributed by atoms with Gasteiger partial charge in [0, 0.05) is 33.7 Å². The van der Waals surface area contributed by atoms with Crippen LogP contribution in [0.5, 0.6) is 0 Å². The molecule has 1 fully saturated rings. The standard InChI is InChI=1S/C14H24N4O2/c1-11-4-5-13(20-11)12(10-17-14(15-2)16-3)18-6-8-19-9-7-18/h4-5,12H,6-10H2,1-3H3,(H2,15,16,17)/t12-/m1/s1. The van der Waals surface area contributed by atoms with Gasteiger partial charge in [-0.2, -0.15) is 0 Å². The lowest BCUT2D eigenvalue weighted by atomic mass is 10.1. The van der Waals surface area contributed by atoms with E-state index in [0.29, 0.717) is 0 Å². The van der Waals surface area contributed by atoms with Gasteiger partial charge >= 0.3 is 0 Å². The number of hydrogen-bond donors (Lipinski definition) is 2. The van der Waals surface area contributed by atoms with Crippen LogP contribution in [0, 0.1) is 6.92 Å². The van der Waals surface area contributed by atoms with E-state index >= 15 is 0 Å². The minimum absolute atomic E-state index is 0.192. The van der Waals surface area contributed by atoms with Gasteiger partial charge in [-0.15, -0.1) is 0 Å². The number of morpholine rings is 1. The maximum atomic E-state index is 5.82. The highest BCUT2D eigenvalue weighted by Gasteiger charge is 2.25. The van der Waals surface area contributed by atoms with Gasteiger partial charge in [0.05, 0.1) is 19.3 Å². The van der Waals surface area contributed by atoms with E-state index in [2.05, 4.69) is 26.6 Å². The SMILES string of the molecule is CN=C(NC)NC[C@H](c1ccc(C)o1)N1CCOCC1. The molecule has 6 nitrogen and oxygen atoms in total. The van der Waals surface area contributed by atoms with Crippen molar-refractivity contribution in [3.63, 3.8) is 0 Å². The molecule has 0 bridgehead atoms. The molecule has 1 saturated heterocycles. The molecule has 0 aromatic carbocycles. The Balaban J connectivity index is 2.07. The Kier molecular flexibility index (Phi) is 5.43. The zero-order valence-electron chi connectivity index (χ0n) is 12.5. The van der Waals surface area contributed by atoms with E-state index in [0.717, 1.165) is 50.3 Å². The van der Waals surface area contributed by atoms with Crippen molar-refractivity contribution in [1.29, 1.82) is 0 Å². The van der Waals surface area contributed by atoms with Crippen molar-refractivity contribution in [2.45, 2.75) is 13.0 Å².